The summed E-state index contributed by atoms with van der Waals surface area (Å²) in [5, 5.41) is 0. The number of carbonyl (C=O) groups excluding carboxylic acids is 1. The lowest BCUT2D eigenvalue weighted by Gasteiger charge is -2.34. The molecule has 0 unspecified atom stereocenters. The molecule has 1 fully saturated rings. The van der Waals surface area contributed by atoms with Crippen LogP contribution in [0.3, 0.4) is 0 Å². The van der Waals surface area contributed by atoms with Gasteiger partial charge in [0.25, 0.3) is 5.91 Å². The van der Waals surface area contributed by atoms with Crippen molar-refractivity contribution in [3.05, 3.63) is 70.5 Å². The van der Waals surface area contributed by atoms with Crippen molar-refractivity contribution in [3.8, 4) is 0 Å². The Morgan fingerprint density at radius 3 is 2.57 bits per heavy atom. The Kier molecular flexibility index (Phi) is 5.42. The number of aryl methyl sites for hydroxylation is 1. The molecule has 0 N–H and O–H groups in total. The molecule has 3 aromatic rings. The summed E-state index contributed by atoms with van der Waals surface area (Å²) < 4.78 is 8.28. The maximum absolute atomic E-state index is 13.1. The fourth-order valence-corrected chi connectivity index (χ4v) is 4.13. The average Bonchev–Trinajstić information content (AvgIpc) is 3.21. The molecule has 1 aliphatic heterocycles. The van der Waals surface area contributed by atoms with Gasteiger partial charge in [-0.3, -0.25) is 9.69 Å². The van der Waals surface area contributed by atoms with Gasteiger partial charge in [-0.1, -0.05) is 35.9 Å². The van der Waals surface area contributed by atoms with Gasteiger partial charge in [0.1, 0.15) is 5.69 Å². The molecule has 5 nitrogen and oxygen atoms in total. The lowest BCUT2D eigenvalue weighted by atomic mass is 10.1. The maximum Gasteiger partial charge on any atom is 0.270 e. The van der Waals surface area contributed by atoms with Gasteiger partial charge < -0.3 is 13.9 Å². The van der Waals surface area contributed by atoms with Crippen molar-refractivity contribution in [2.45, 2.75) is 20.0 Å². The van der Waals surface area contributed by atoms with Crippen LogP contribution in [-0.2, 0) is 13.1 Å². The number of fused-ring (bicyclic) bond motifs is 1. The molecule has 28 heavy (non-hydrogen) atoms. The first-order chi connectivity index (χ1) is 13.5. The van der Waals surface area contributed by atoms with Crippen LogP contribution in [0.15, 0.2) is 58.1 Å². The predicted octanol–water partition coefficient (Wildman–Crippen LogP) is 4.45. The van der Waals surface area contributed by atoms with Crippen LogP contribution in [0.2, 0.25) is 0 Å². The maximum atomic E-state index is 13.1. The first kappa shape index (κ1) is 19.0. The largest absolute Gasteiger partial charge is 0.448 e. The van der Waals surface area contributed by atoms with E-state index in [9.17, 15) is 4.79 Å². The Balaban J connectivity index is 1.44. The molecule has 1 aliphatic rings. The Morgan fingerprint density at radius 1 is 1.18 bits per heavy atom. The smallest absolute Gasteiger partial charge is 0.270 e. The molecule has 0 aliphatic carbocycles. The summed E-state index contributed by atoms with van der Waals surface area (Å²) in [6.45, 7) is 10.6. The lowest BCUT2D eigenvalue weighted by molar-refractivity contribution is 0.0619. The minimum atomic E-state index is 0.0550. The van der Waals surface area contributed by atoms with Gasteiger partial charge >= 0.3 is 0 Å². The Morgan fingerprint density at radius 2 is 1.89 bits per heavy atom. The molecule has 1 aromatic carbocycles. The number of carbonyl (C=O) groups is 1. The third kappa shape index (κ3) is 3.80. The zero-order valence-electron chi connectivity index (χ0n) is 16.0. The Bertz CT molecular complexity index is 995. The molecule has 1 amide bonds. The Labute approximate surface area is 173 Å². The van der Waals surface area contributed by atoms with Crippen LogP contribution in [0.1, 0.15) is 21.6 Å². The molecule has 0 atom stereocenters. The van der Waals surface area contributed by atoms with Crippen LogP contribution in [-0.4, -0.2) is 46.5 Å². The van der Waals surface area contributed by atoms with E-state index in [1.165, 1.54) is 11.1 Å². The summed E-state index contributed by atoms with van der Waals surface area (Å²) in [6.07, 6.45) is 1.80. The highest BCUT2D eigenvalue weighted by molar-refractivity contribution is 9.10. The number of rotatable bonds is 5. The van der Waals surface area contributed by atoms with E-state index in [1.54, 1.807) is 6.08 Å². The normalized spacial score (nSPS) is 15.3. The molecule has 0 bridgehead atoms. The lowest BCUT2D eigenvalue weighted by Crippen LogP contribution is -2.48. The summed E-state index contributed by atoms with van der Waals surface area (Å²) in [6, 6.07) is 12.4. The van der Waals surface area contributed by atoms with Crippen molar-refractivity contribution in [3.63, 3.8) is 0 Å². The second kappa shape index (κ2) is 7.97. The molecule has 2 aromatic heterocycles. The molecule has 0 saturated carbocycles. The molecule has 4 rings (SSSR count). The number of aromatic nitrogens is 1. The standard InChI is InChI=1S/C22H24BrN3O2/c1-3-8-26-18-14-21(23)28-20(18)13-19(26)22(27)25-11-9-24(10-12-25)15-17-6-4-16(2)5-7-17/h3-7,13-14H,1,8-12,15H2,2H3. The second-order valence-corrected chi connectivity index (χ2v) is 8.06. The molecule has 0 radical (unpaired) electrons. The zero-order valence-corrected chi connectivity index (χ0v) is 17.6. The van der Waals surface area contributed by atoms with Crippen molar-refractivity contribution >= 4 is 32.9 Å². The number of nitrogens with zero attached hydrogens (tertiary/aromatic N) is 3. The first-order valence-electron chi connectivity index (χ1n) is 9.52. The van der Waals surface area contributed by atoms with Gasteiger partial charge in [-0.2, -0.15) is 0 Å². The quantitative estimate of drug-likeness (QED) is 0.549. The molecule has 3 heterocycles. The van der Waals surface area contributed by atoms with Gasteiger partial charge in [0.05, 0.1) is 5.52 Å². The molecule has 6 heteroatoms. The van der Waals surface area contributed by atoms with Gasteiger partial charge in [0.15, 0.2) is 10.3 Å². The fraction of sp³-hybridized carbons (Fsp3) is 0.318. The number of piperazine rings is 1. The molecular formula is C22H24BrN3O2. The van der Waals surface area contributed by atoms with Crippen LogP contribution in [0.4, 0.5) is 0 Å². The minimum Gasteiger partial charge on any atom is -0.448 e. The summed E-state index contributed by atoms with van der Waals surface area (Å²) in [5.41, 5.74) is 4.88. The highest BCUT2D eigenvalue weighted by Crippen LogP contribution is 2.28. The zero-order chi connectivity index (χ0) is 19.7. The first-order valence-corrected chi connectivity index (χ1v) is 10.3. The van der Waals surface area contributed by atoms with Gasteiger partial charge in [-0.05, 0) is 28.4 Å². The Hall–Kier alpha value is -2.31. The number of benzene rings is 1. The third-order valence-electron chi connectivity index (χ3n) is 5.28. The average molecular weight is 442 g/mol. The SMILES string of the molecule is C=CCn1c(C(=O)N2CCN(Cc3ccc(C)cc3)CC2)cc2oc(Br)cc21. The number of amides is 1. The van der Waals surface area contributed by atoms with Crippen molar-refractivity contribution in [1.82, 2.24) is 14.4 Å². The van der Waals surface area contributed by atoms with E-state index in [2.05, 4.69) is 58.6 Å². The number of hydrogen-bond acceptors (Lipinski definition) is 3. The molecule has 0 spiro atoms. The van der Waals surface area contributed by atoms with Crippen LogP contribution in [0.25, 0.3) is 11.1 Å². The number of hydrogen-bond donors (Lipinski definition) is 0. The topological polar surface area (TPSA) is 41.6 Å². The predicted molar refractivity (Wildman–Crippen MR) is 114 cm³/mol. The summed E-state index contributed by atoms with van der Waals surface area (Å²) in [7, 11) is 0. The van der Waals surface area contributed by atoms with Crippen LogP contribution in [0.5, 0.6) is 0 Å². The second-order valence-electron chi connectivity index (χ2n) is 7.28. The molecular weight excluding hydrogens is 418 g/mol. The highest BCUT2D eigenvalue weighted by Gasteiger charge is 2.26. The van der Waals surface area contributed by atoms with E-state index in [0.29, 0.717) is 16.9 Å². The van der Waals surface area contributed by atoms with Crippen LogP contribution < -0.4 is 0 Å². The summed E-state index contributed by atoms with van der Waals surface area (Å²) >= 11 is 3.36. The van der Waals surface area contributed by atoms with E-state index < -0.39 is 0 Å². The van der Waals surface area contributed by atoms with E-state index in [-0.39, 0.29) is 5.91 Å². The van der Waals surface area contributed by atoms with Crippen molar-refractivity contribution in [1.29, 1.82) is 0 Å². The van der Waals surface area contributed by atoms with Gasteiger partial charge in [-0.25, -0.2) is 0 Å². The number of allylic oxidation sites excluding steroid dienone is 1. The summed E-state index contributed by atoms with van der Waals surface area (Å²) in [5.74, 6) is 0.0550. The van der Waals surface area contributed by atoms with E-state index in [1.807, 2.05) is 21.6 Å². The molecule has 1 saturated heterocycles. The van der Waals surface area contributed by atoms with E-state index in [0.717, 1.165) is 43.8 Å². The number of halogens is 1. The van der Waals surface area contributed by atoms with Gasteiger partial charge in [0.2, 0.25) is 0 Å². The van der Waals surface area contributed by atoms with E-state index in [4.69, 9.17) is 4.42 Å². The van der Waals surface area contributed by atoms with Crippen LogP contribution in [0, 0.1) is 6.92 Å². The third-order valence-corrected chi connectivity index (χ3v) is 5.67. The fourth-order valence-electron chi connectivity index (χ4n) is 3.74. The number of furan rings is 1. The van der Waals surface area contributed by atoms with Crippen molar-refractivity contribution in [2.24, 2.45) is 0 Å². The van der Waals surface area contributed by atoms with Crippen LogP contribution >= 0.6 is 15.9 Å². The van der Waals surface area contributed by atoms with Gasteiger partial charge in [0, 0.05) is 51.4 Å². The minimum absolute atomic E-state index is 0.0550. The molecule has 146 valence electrons. The van der Waals surface area contributed by atoms with Gasteiger partial charge in [-0.15, -0.1) is 6.58 Å². The highest BCUT2D eigenvalue weighted by atomic mass is 79.9. The summed E-state index contributed by atoms with van der Waals surface area (Å²) in [4.78, 5) is 17.5. The van der Waals surface area contributed by atoms with Crippen molar-refractivity contribution < 1.29 is 9.21 Å². The van der Waals surface area contributed by atoms with E-state index >= 15 is 0 Å². The van der Waals surface area contributed by atoms with Crippen molar-refractivity contribution in [2.75, 3.05) is 26.2 Å². The monoisotopic (exact) mass is 441 g/mol.